The molecule has 2 aliphatic rings. The zero-order valence-electron chi connectivity index (χ0n) is 13.1. The molecular weight excluding hydrogens is 357 g/mol. The summed E-state index contributed by atoms with van der Waals surface area (Å²) in [5.41, 5.74) is 1.02. The molecule has 2 aromatic rings. The van der Waals surface area contributed by atoms with Crippen LogP contribution in [-0.4, -0.2) is 33.7 Å². The first-order valence-corrected chi connectivity index (χ1v) is 8.80. The lowest BCUT2D eigenvalue weighted by molar-refractivity contribution is -0.159. The topological polar surface area (TPSA) is 71.3 Å². The van der Waals surface area contributed by atoms with Crippen LogP contribution in [0.3, 0.4) is 0 Å². The van der Waals surface area contributed by atoms with Gasteiger partial charge in [-0.2, -0.15) is 18.2 Å². The summed E-state index contributed by atoms with van der Waals surface area (Å²) in [5, 5.41) is 6.42. The quantitative estimate of drug-likeness (QED) is 0.877. The van der Waals surface area contributed by atoms with Crippen LogP contribution in [0.25, 0.3) is 10.7 Å². The fourth-order valence-electron chi connectivity index (χ4n) is 2.86. The Morgan fingerprint density at radius 1 is 1.40 bits per heavy atom. The van der Waals surface area contributed by atoms with Crippen LogP contribution in [0.15, 0.2) is 10.6 Å². The lowest BCUT2D eigenvalue weighted by Crippen LogP contribution is -2.48. The number of nitrogens with one attached hydrogen (secondary N) is 1. The van der Waals surface area contributed by atoms with E-state index in [9.17, 15) is 18.0 Å². The number of hydrogen-bond donors (Lipinski definition) is 1. The van der Waals surface area contributed by atoms with Crippen molar-refractivity contribution in [2.45, 2.75) is 44.4 Å². The summed E-state index contributed by atoms with van der Waals surface area (Å²) >= 11 is 1.30. The highest BCUT2D eigenvalue weighted by Gasteiger charge is 2.39. The second-order valence-electron chi connectivity index (χ2n) is 6.23. The van der Waals surface area contributed by atoms with E-state index in [0.29, 0.717) is 24.4 Å². The molecule has 1 aliphatic heterocycles. The Morgan fingerprint density at radius 2 is 2.20 bits per heavy atom. The summed E-state index contributed by atoms with van der Waals surface area (Å²) in [4.78, 5) is 18.9. The van der Waals surface area contributed by atoms with Crippen LogP contribution in [0.5, 0.6) is 0 Å². The third-order valence-corrected chi connectivity index (χ3v) is 5.65. The van der Waals surface area contributed by atoms with Gasteiger partial charge in [0, 0.05) is 17.5 Å². The van der Waals surface area contributed by atoms with Gasteiger partial charge >= 0.3 is 18.1 Å². The van der Waals surface area contributed by atoms with Gasteiger partial charge in [0.25, 0.3) is 0 Å². The fraction of sp³-hybridized carbons (Fsp3) is 0.533. The average molecular weight is 372 g/mol. The van der Waals surface area contributed by atoms with Crippen molar-refractivity contribution in [3.8, 4) is 10.7 Å². The van der Waals surface area contributed by atoms with Gasteiger partial charge in [-0.3, -0.25) is 0 Å². The van der Waals surface area contributed by atoms with Gasteiger partial charge in [0.2, 0.25) is 5.82 Å². The second kappa shape index (κ2) is 6.01. The average Bonchev–Trinajstić information content (AvgIpc) is 3.15. The first-order valence-electron chi connectivity index (χ1n) is 7.98. The van der Waals surface area contributed by atoms with Crippen LogP contribution in [0.4, 0.5) is 18.0 Å². The van der Waals surface area contributed by atoms with E-state index in [1.165, 1.54) is 11.3 Å². The van der Waals surface area contributed by atoms with Crippen molar-refractivity contribution in [3.05, 3.63) is 22.4 Å². The first kappa shape index (κ1) is 16.4. The molecule has 1 aliphatic carbocycles. The number of urea groups is 1. The third-order valence-electron chi connectivity index (χ3n) is 4.49. The molecule has 10 heteroatoms. The fourth-order valence-corrected chi connectivity index (χ4v) is 4.01. The van der Waals surface area contributed by atoms with Crippen molar-refractivity contribution in [2.24, 2.45) is 0 Å². The third kappa shape index (κ3) is 3.22. The molecule has 25 heavy (non-hydrogen) atoms. The highest BCUT2D eigenvalue weighted by molar-refractivity contribution is 7.15. The van der Waals surface area contributed by atoms with Crippen LogP contribution in [-0.2, 0) is 19.1 Å². The van der Waals surface area contributed by atoms with E-state index >= 15 is 0 Å². The highest BCUT2D eigenvalue weighted by atomic mass is 32.1. The number of rotatable bonds is 2. The van der Waals surface area contributed by atoms with E-state index in [-0.39, 0.29) is 17.9 Å². The summed E-state index contributed by atoms with van der Waals surface area (Å²) in [6.45, 7) is 1.03. The van der Waals surface area contributed by atoms with Crippen molar-refractivity contribution in [2.75, 3.05) is 6.54 Å². The molecule has 0 radical (unpaired) electrons. The molecule has 1 fully saturated rings. The molecule has 0 unspecified atom stereocenters. The molecule has 4 rings (SSSR count). The molecule has 2 amide bonds. The van der Waals surface area contributed by atoms with E-state index in [1.807, 2.05) is 0 Å². The van der Waals surface area contributed by atoms with Gasteiger partial charge in [-0.15, -0.1) is 11.3 Å². The van der Waals surface area contributed by atoms with E-state index in [4.69, 9.17) is 0 Å². The number of thiophene rings is 1. The Balaban J connectivity index is 1.48. The molecule has 2 aromatic heterocycles. The summed E-state index contributed by atoms with van der Waals surface area (Å²) in [6, 6.07) is 1.98. The molecule has 0 aromatic carbocycles. The number of alkyl halides is 3. The van der Waals surface area contributed by atoms with E-state index in [2.05, 4.69) is 20.0 Å². The first-order chi connectivity index (χ1) is 11.9. The second-order valence-corrected chi connectivity index (χ2v) is 7.37. The summed E-state index contributed by atoms with van der Waals surface area (Å²) < 4.78 is 42.0. The van der Waals surface area contributed by atoms with Gasteiger partial charge in [-0.1, -0.05) is 5.16 Å². The van der Waals surface area contributed by atoms with Gasteiger partial charge in [-0.25, -0.2) is 4.79 Å². The van der Waals surface area contributed by atoms with E-state index in [1.54, 1.807) is 11.0 Å². The molecular formula is C15H15F3N4O2S. The van der Waals surface area contributed by atoms with Crippen molar-refractivity contribution < 1.29 is 22.5 Å². The number of halogens is 3. The zero-order valence-corrected chi connectivity index (χ0v) is 13.9. The van der Waals surface area contributed by atoms with Gasteiger partial charge in [0.1, 0.15) is 0 Å². The zero-order chi connectivity index (χ0) is 17.6. The van der Waals surface area contributed by atoms with Crippen molar-refractivity contribution in [1.29, 1.82) is 0 Å². The Morgan fingerprint density at radius 3 is 2.84 bits per heavy atom. The molecule has 0 bridgehead atoms. The molecule has 0 spiro atoms. The normalized spacial score (nSPS) is 18.0. The number of hydrogen-bond acceptors (Lipinski definition) is 5. The molecule has 134 valence electrons. The SMILES string of the molecule is O=C(NC1CCC1)N1CCc2cc(-c3noc(C(F)(F)F)n3)sc2C1. The van der Waals surface area contributed by atoms with Gasteiger partial charge in [0.05, 0.1) is 11.4 Å². The van der Waals surface area contributed by atoms with Crippen LogP contribution in [0.2, 0.25) is 0 Å². The lowest BCUT2D eigenvalue weighted by Gasteiger charge is -2.32. The Kier molecular flexibility index (Phi) is 3.94. The van der Waals surface area contributed by atoms with Gasteiger partial charge in [-0.05, 0) is 37.3 Å². The highest BCUT2D eigenvalue weighted by Crippen LogP contribution is 2.35. The predicted octanol–water partition coefficient (Wildman–Crippen LogP) is 3.44. The van der Waals surface area contributed by atoms with Crippen LogP contribution in [0.1, 0.15) is 35.6 Å². The standard InChI is InChI=1S/C15H15F3N4O2S/c16-15(17,18)13-20-12(21-24-13)10-6-8-4-5-22(7-11(8)25-10)14(23)19-9-2-1-3-9/h6,9H,1-5,7H2,(H,19,23). The maximum absolute atomic E-state index is 12.6. The Hall–Kier alpha value is -2.10. The maximum atomic E-state index is 12.6. The number of fused-ring (bicyclic) bond motifs is 1. The van der Waals surface area contributed by atoms with E-state index in [0.717, 1.165) is 29.7 Å². The summed E-state index contributed by atoms with van der Waals surface area (Å²) in [5.74, 6) is -1.42. The summed E-state index contributed by atoms with van der Waals surface area (Å²) in [6.07, 6.45) is -0.804. The minimum atomic E-state index is -4.65. The van der Waals surface area contributed by atoms with E-state index < -0.39 is 12.1 Å². The molecule has 0 atom stereocenters. The molecule has 0 saturated heterocycles. The number of nitrogens with zero attached hydrogens (tertiary/aromatic N) is 3. The Bertz CT molecular complexity index is 797. The maximum Gasteiger partial charge on any atom is 0.471 e. The molecule has 6 nitrogen and oxygen atoms in total. The van der Waals surface area contributed by atoms with Crippen molar-refractivity contribution in [3.63, 3.8) is 0 Å². The lowest BCUT2D eigenvalue weighted by atomic mass is 9.93. The predicted molar refractivity (Wildman–Crippen MR) is 82.9 cm³/mol. The van der Waals surface area contributed by atoms with Gasteiger partial charge in [0.15, 0.2) is 0 Å². The summed E-state index contributed by atoms with van der Waals surface area (Å²) in [7, 11) is 0. The van der Waals surface area contributed by atoms with Crippen LogP contribution in [0, 0.1) is 0 Å². The number of carbonyl (C=O) groups excluding carboxylic acids is 1. The van der Waals surface area contributed by atoms with Gasteiger partial charge < -0.3 is 14.7 Å². The van der Waals surface area contributed by atoms with Crippen molar-refractivity contribution >= 4 is 17.4 Å². The number of aromatic nitrogens is 2. The largest absolute Gasteiger partial charge is 0.471 e. The minimum absolute atomic E-state index is 0.0720. The Labute approximate surface area is 145 Å². The number of amides is 2. The number of carbonyl (C=O) groups is 1. The van der Waals surface area contributed by atoms with Crippen LogP contribution >= 0.6 is 11.3 Å². The van der Waals surface area contributed by atoms with Crippen molar-refractivity contribution in [1.82, 2.24) is 20.4 Å². The molecule has 1 saturated carbocycles. The smallest absolute Gasteiger partial charge is 0.335 e. The molecule has 1 N–H and O–H groups in total. The minimum Gasteiger partial charge on any atom is -0.335 e. The van der Waals surface area contributed by atoms with Crippen LogP contribution < -0.4 is 5.32 Å². The monoisotopic (exact) mass is 372 g/mol. The molecule has 3 heterocycles.